The number of benzene rings is 2. The molecule has 2 aromatic carbocycles. The second kappa shape index (κ2) is 9.80. The van der Waals surface area contributed by atoms with E-state index in [0.29, 0.717) is 22.9 Å². The van der Waals surface area contributed by atoms with Crippen LogP contribution in [0.4, 0.5) is 0 Å². The van der Waals surface area contributed by atoms with Crippen molar-refractivity contribution in [3.05, 3.63) is 63.6 Å². The molecule has 3 amide bonds. The molecule has 0 unspecified atom stereocenters. The molecule has 3 N–H and O–H groups in total. The summed E-state index contributed by atoms with van der Waals surface area (Å²) in [7, 11) is 0. The number of nitrogens with one attached hydrogen (secondary N) is 3. The van der Waals surface area contributed by atoms with Crippen LogP contribution in [0.2, 0.25) is 10.0 Å². The fourth-order valence-electron chi connectivity index (χ4n) is 2.04. The number of rotatable bonds is 6. The lowest BCUT2D eigenvalue weighted by molar-refractivity contribution is -0.120. The van der Waals surface area contributed by atoms with E-state index in [9.17, 15) is 14.4 Å². The molecular formula is C18H17Cl2N3O4. The molecule has 0 saturated carbocycles. The molecule has 0 radical (unpaired) electrons. The molecule has 142 valence electrons. The number of hydrogen-bond donors (Lipinski definition) is 3. The van der Waals surface area contributed by atoms with Crippen molar-refractivity contribution in [2.24, 2.45) is 0 Å². The molecule has 0 heterocycles. The Hall–Kier alpha value is -2.77. The third-order valence-corrected chi connectivity index (χ3v) is 3.88. The first-order valence-corrected chi connectivity index (χ1v) is 8.71. The Morgan fingerprint density at radius 2 is 1.67 bits per heavy atom. The highest BCUT2D eigenvalue weighted by molar-refractivity contribution is 6.36. The molecule has 0 atom stereocenters. The summed E-state index contributed by atoms with van der Waals surface area (Å²) in [6.07, 6.45) is 0. The quantitative estimate of drug-likeness (QED) is 0.638. The van der Waals surface area contributed by atoms with Gasteiger partial charge in [0.1, 0.15) is 5.75 Å². The van der Waals surface area contributed by atoms with Gasteiger partial charge in [-0.2, -0.15) is 0 Å². The van der Waals surface area contributed by atoms with Crippen molar-refractivity contribution >= 4 is 40.9 Å². The average Bonchev–Trinajstić information content (AvgIpc) is 2.65. The fraction of sp³-hybridized carbons (Fsp3) is 0.167. The van der Waals surface area contributed by atoms with Crippen LogP contribution < -0.4 is 20.9 Å². The van der Waals surface area contributed by atoms with E-state index in [2.05, 4.69) is 16.2 Å². The Kier molecular flexibility index (Phi) is 7.45. The van der Waals surface area contributed by atoms with Crippen LogP contribution in [0.5, 0.6) is 5.75 Å². The molecule has 0 aliphatic carbocycles. The van der Waals surface area contributed by atoms with Crippen molar-refractivity contribution in [2.45, 2.75) is 6.92 Å². The van der Waals surface area contributed by atoms with Crippen LogP contribution in [-0.2, 0) is 4.79 Å². The van der Waals surface area contributed by atoms with Gasteiger partial charge in [-0.05, 0) is 49.4 Å². The van der Waals surface area contributed by atoms with Crippen molar-refractivity contribution < 1.29 is 19.1 Å². The zero-order chi connectivity index (χ0) is 19.8. The third kappa shape index (κ3) is 6.16. The molecular weight excluding hydrogens is 393 g/mol. The second-order valence-electron chi connectivity index (χ2n) is 5.27. The van der Waals surface area contributed by atoms with Crippen molar-refractivity contribution in [1.29, 1.82) is 0 Å². The van der Waals surface area contributed by atoms with Gasteiger partial charge >= 0.3 is 0 Å². The van der Waals surface area contributed by atoms with E-state index in [4.69, 9.17) is 27.9 Å². The number of carbonyl (C=O) groups is 3. The molecule has 0 saturated heterocycles. The van der Waals surface area contributed by atoms with E-state index in [0.717, 1.165) is 0 Å². The summed E-state index contributed by atoms with van der Waals surface area (Å²) < 4.78 is 5.29. The molecule has 0 aliphatic rings. The van der Waals surface area contributed by atoms with Crippen molar-refractivity contribution in [1.82, 2.24) is 16.2 Å². The van der Waals surface area contributed by atoms with Crippen LogP contribution in [0.3, 0.4) is 0 Å². The highest BCUT2D eigenvalue weighted by Crippen LogP contribution is 2.20. The smallest absolute Gasteiger partial charge is 0.269 e. The Morgan fingerprint density at radius 3 is 2.30 bits per heavy atom. The van der Waals surface area contributed by atoms with Gasteiger partial charge in [-0.3, -0.25) is 25.2 Å². The van der Waals surface area contributed by atoms with Crippen LogP contribution in [0.15, 0.2) is 42.5 Å². The fourth-order valence-corrected chi connectivity index (χ4v) is 2.54. The standard InChI is InChI=1S/C18H17Cl2N3O4/c1-2-27-13-6-3-11(4-7-13)17(25)23-22-16(24)10-21-18(26)14-8-5-12(19)9-15(14)20/h3-9H,2,10H2,1H3,(H,21,26)(H,22,24)(H,23,25). The van der Waals surface area contributed by atoms with Crippen LogP contribution in [-0.4, -0.2) is 30.9 Å². The number of amides is 3. The van der Waals surface area contributed by atoms with Gasteiger partial charge in [0.05, 0.1) is 23.7 Å². The Bertz CT molecular complexity index is 841. The van der Waals surface area contributed by atoms with E-state index >= 15 is 0 Å². The zero-order valence-electron chi connectivity index (χ0n) is 14.3. The minimum Gasteiger partial charge on any atom is -0.494 e. The second-order valence-corrected chi connectivity index (χ2v) is 6.11. The first-order chi connectivity index (χ1) is 12.9. The molecule has 27 heavy (non-hydrogen) atoms. The first kappa shape index (κ1) is 20.5. The Labute approximate surface area is 166 Å². The minimum absolute atomic E-state index is 0.171. The summed E-state index contributed by atoms with van der Waals surface area (Å²) in [5.74, 6) is -1.00. The summed E-state index contributed by atoms with van der Waals surface area (Å²) in [6.45, 7) is 2.03. The van der Waals surface area contributed by atoms with E-state index in [1.807, 2.05) is 6.92 Å². The topological polar surface area (TPSA) is 96.5 Å². The lowest BCUT2D eigenvalue weighted by atomic mass is 10.2. The summed E-state index contributed by atoms with van der Waals surface area (Å²) in [4.78, 5) is 35.8. The predicted octanol–water partition coefficient (Wildman–Crippen LogP) is 2.58. The van der Waals surface area contributed by atoms with Crippen molar-refractivity contribution in [2.75, 3.05) is 13.2 Å². The molecule has 7 nitrogen and oxygen atoms in total. The van der Waals surface area contributed by atoms with Gasteiger partial charge < -0.3 is 10.1 Å². The van der Waals surface area contributed by atoms with Crippen molar-refractivity contribution in [3.8, 4) is 5.75 Å². The molecule has 0 fully saturated rings. The lowest BCUT2D eigenvalue weighted by Gasteiger charge is -2.10. The summed E-state index contributed by atoms with van der Waals surface area (Å²) in [5, 5.41) is 2.96. The maximum Gasteiger partial charge on any atom is 0.269 e. The monoisotopic (exact) mass is 409 g/mol. The maximum atomic E-state index is 12.0. The van der Waals surface area contributed by atoms with E-state index in [-0.39, 0.29) is 17.1 Å². The van der Waals surface area contributed by atoms with Crippen LogP contribution in [0, 0.1) is 0 Å². The van der Waals surface area contributed by atoms with Gasteiger partial charge in [0.25, 0.3) is 17.7 Å². The van der Waals surface area contributed by atoms with Gasteiger partial charge in [-0.15, -0.1) is 0 Å². The highest BCUT2D eigenvalue weighted by atomic mass is 35.5. The van der Waals surface area contributed by atoms with E-state index in [1.165, 1.54) is 18.2 Å². The molecule has 0 spiro atoms. The SMILES string of the molecule is CCOc1ccc(C(=O)NNC(=O)CNC(=O)c2ccc(Cl)cc2Cl)cc1. The Morgan fingerprint density at radius 1 is 0.963 bits per heavy atom. The third-order valence-electron chi connectivity index (χ3n) is 3.33. The molecule has 0 aliphatic heterocycles. The minimum atomic E-state index is -0.604. The van der Waals surface area contributed by atoms with E-state index < -0.39 is 17.7 Å². The van der Waals surface area contributed by atoms with Gasteiger partial charge in [0.15, 0.2) is 0 Å². The first-order valence-electron chi connectivity index (χ1n) is 7.96. The zero-order valence-corrected chi connectivity index (χ0v) is 15.9. The molecule has 2 aromatic rings. The number of hydrogen-bond acceptors (Lipinski definition) is 4. The predicted molar refractivity (Wildman–Crippen MR) is 102 cm³/mol. The lowest BCUT2D eigenvalue weighted by Crippen LogP contribution is -2.46. The highest BCUT2D eigenvalue weighted by Gasteiger charge is 2.13. The average molecular weight is 410 g/mol. The number of ether oxygens (including phenoxy) is 1. The van der Waals surface area contributed by atoms with E-state index in [1.54, 1.807) is 24.3 Å². The largest absolute Gasteiger partial charge is 0.494 e. The number of carbonyl (C=O) groups excluding carboxylic acids is 3. The maximum absolute atomic E-state index is 12.0. The van der Waals surface area contributed by atoms with Crippen LogP contribution >= 0.6 is 23.2 Å². The summed E-state index contributed by atoms with van der Waals surface area (Å²) in [6, 6.07) is 10.8. The van der Waals surface area contributed by atoms with Crippen molar-refractivity contribution in [3.63, 3.8) is 0 Å². The number of hydrazine groups is 1. The molecule has 2 rings (SSSR count). The number of halogens is 2. The van der Waals surface area contributed by atoms with Gasteiger partial charge in [-0.25, -0.2) is 0 Å². The molecule has 0 bridgehead atoms. The van der Waals surface area contributed by atoms with Gasteiger partial charge in [-0.1, -0.05) is 23.2 Å². The van der Waals surface area contributed by atoms with Gasteiger partial charge in [0.2, 0.25) is 0 Å². The van der Waals surface area contributed by atoms with Crippen LogP contribution in [0.1, 0.15) is 27.6 Å². The van der Waals surface area contributed by atoms with Gasteiger partial charge in [0, 0.05) is 10.6 Å². The normalized spacial score (nSPS) is 10.0. The van der Waals surface area contributed by atoms with Crippen LogP contribution in [0.25, 0.3) is 0 Å². The Balaban J connectivity index is 1.80. The summed E-state index contributed by atoms with van der Waals surface area (Å²) in [5.41, 5.74) is 5.00. The molecule has 0 aromatic heterocycles. The molecule has 9 heteroatoms. The summed E-state index contributed by atoms with van der Waals surface area (Å²) >= 11 is 11.7.